The Kier molecular flexibility index (Phi) is 14.3. The summed E-state index contributed by atoms with van der Waals surface area (Å²) in [7, 11) is 0. The zero-order valence-electron chi connectivity index (χ0n) is 23.1. The minimum absolute atomic E-state index is 0. The second-order valence-electron chi connectivity index (χ2n) is 9.87. The average molecular weight is 540 g/mol. The van der Waals surface area contributed by atoms with E-state index in [0.717, 1.165) is 47.5 Å². The minimum atomic E-state index is -0.922. The first-order valence-corrected chi connectivity index (χ1v) is 13.6. The molecule has 1 radical (unpaired) electrons. The van der Waals surface area contributed by atoms with Gasteiger partial charge in [0, 0.05) is 51.2 Å². The molecule has 0 bridgehead atoms. The van der Waals surface area contributed by atoms with Crippen LogP contribution in [0.2, 0.25) is 0 Å². The quantitative estimate of drug-likeness (QED) is 0.107. The number of aliphatic carboxylic acids is 1. The van der Waals surface area contributed by atoms with Gasteiger partial charge >= 0.3 is 5.97 Å². The van der Waals surface area contributed by atoms with E-state index in [9.17, 15) is 24.9 Å². The Balaban J connectivity index is 0.00000684. The fourth-order valence-electron chi connectivity index (χ4n) is 4.26. The maximum absolute atomic E-state index is 11.8. The Morgan fingerprint density at radius 2 is 1.76 bits per heavy atom. The molecule has 0 amide bonds. The summed E-state index contributed by atoms with van der Waals surface area (Å²) in [4.78, 5) is 24.1. The summed E-state index contributed by atoms with van der Waals surface area (Å²) in [5, 5.41) is 30.5. The standard InChI is InChI=1S/C29H40O6S.Na/c1-6-9-20-17-21(28(34)29(4,5)18-26(31)32)11-14-25(20)36-16-8-15-35-24-13-12-22(19(3)30)27(33)23(24)10-7-2;/h11-14,17,28,33-34H,6-10,15-16,18H2,1-5H3,(H,31,32);. The van der Waals surface area contributed by atoms with Gasteiger partial charge in [-0.3, -0.25) is 9.59 Å². The summed E-state index contributed by atoms with van der Waals surface area (Å²) in [5.74, 6) is 0.394. The van der Waals surface area contributed by atoms with Crippen LogP contribution in [0, 0.1) is 5.41 Å². The summed E-state index contributed by atoms with van der Waals surface area (Å²) in [6.07, 6.45) is 3.14. The topological polar surface area (TPSA) is 104 Å². The average Bonchev–Trinajstić information content (AvgIpc) is 2.80. The Morgan fingerprint density at radius 3 is 2.35 bits per heavy atom. The van der Waals surface area contributed by atoms with Crippen LogP contribution >= 0.6 is 11.8 Å². The number of thioether (sulfide) groups is 1. The van der Waals surface area contributed by atoms with Gasteiger partial charge in [-0.1, -0.05) is 52.7 Å². The molecule has 1 atom stereocenters. The van der Waals surface area contributed by atoms with Crippen molar-refractivity contribution in [1.29, 1.82) is 0 Å². The van der Waals surface area contributed by atoms with E-state index in [1.807, 2.05) is 25.1 Å². The molecule has 37 heavy (non-hydrogen) atoms. The van der Waals surface area contributed by atoms with Crippen LogP contribution in [0.15, 0.2) is 35.2 Å². The number of aromatic hydroxyl groups is 1. The zero-order valence-corrected chi connectivity index (χ0v) is 25.9. The van der Waals surface area contributed by atoms with E-state index in [1.54, 1.807) is 37.7 Å². The summed E-state index contributed by atoms with van der Waals surface area (Å²) in [5.41, 5.74) is 2.14. The van der Waals surface area contributed by atoms with E-state index in [-0.39, 0.29) is 47.5 Å². The molecule has 0 fully saturated rings. The first-order valence-electron chi connectivity index (χ1n) is 12.7. The number of phenolic OH excluding ortho intramolecular Hbond substituents is 1. The second-order valence-corrected chi connectivity index (χ2v) is 11.0. The molecule has 0 aromatic heterocycles. The van der Waals surface area contributed by atoms with Crippen molar-refractivity contribution in [3.05, 3.63) is 52.6 Å². The fourth-order valence-corrected chi connectivity index (χ4v) is 5.26. The van der Waals surface area contributed by atoms with Crippen molar-refractivity contribution in [1.82, 2.24) is 0 Å². The Morgan fingerprint density at radius 1 is 1.08 bits per heavy atom. The first-order chi connectivity index (χ1) is 17.0. The van der Waals surface area contributed by atoms with Crippen molar-refractivity contribution >= 4 is 53.1 Å². The van der Waals surface area contributed by atoms with Gasteiger partial charge in [-0.25, -0.2) is 0 Å². The van der Waals surface area contributed by atoms with Gasteiger partial charge in [-0.05, 0) is 55.5 Å². The van der Waals surface area contributed by atoms with Crippen molar-refractivity contribution in [3.63, 3.8) is 0 Å². The van der Waals surface area contributed by atoms with E-state index < -0.39 is 17.5 Å². The molecule has 199 valence electrons. The van der Waals surface area contributed by atoms with Crippen LogP contribution in [0.1, 0.15) is 93.5 Å². The number of rotatable bonds is 15. The third-order valence-electron chi connectivity index (χ3n) is 6.19. The van der Waals surface area contributed by atoms with Crippen LogP contribution in [0.3, 0.4) is 0 Å². The van der Waals surface area contributed by atoms with E-state index >= 15 is 0 Å². The predicted octanol–water partition coefficient (Wildman–Crippen LogP) is 6.21. The monoisotopic (exact) mass is 539 g/mol. The molecule has 8 heteroatoms. The van der Waals surface area contributed by atoms with Crippen molar-refractivity contribution < 1.29 is 29.6 Å². The summed E-state index contributed by atoms with van der Waals surface area (Å²) >= 11 is 1.73. The van der Waals surface area contributed by atoms with Crippen molar-refractivity contribution in [3.8, 4) is 11.5 Å². The molecular formula is C29H40NaO6S. The van der Waals surface area contributed by atoms with Gasteiger partial charge in [0.05, 0.1) is 24.7 Å². The van der Waals surface area contributed by atoms with Gasteiger partial charge < -0.3 is 20.1 Å². The molecule has 0 aliphatic carbocycles. The van der Waals surface area contributed by atoms with Crippen LogP contribution in [0.4, 0.5) is 0 Å². The van der Waals surface area contributed by atoms with E-state index in [0.29, 0.717) is 29.9 Å². The van der Waals surface area contributed by atoms with Gasteiger partial charge in [0.25, 0.3) is 0 Å². The minimum Gasteiger partial charge on any atom is -0.507 e. The number of ketones is 1. The number of carbonyl (C=O) groups is 2. The van der Waals surface area contributed by atoms with E-state index in [1.165, 1.54) is 6.92 Å². The fraction of sp³-hybridized carbons (Fsp3) is 0.517. The maximum atomic E-state index is 11.8. The Labute approximate surface area is 247 Å². The number of aliphatic hydroxyl groups excluding tert-OH is 1. The number of benzene rings is 2. The second kappa shape index (κ2) is 15.8. The van der Waals surface area contributed by atoms with Crippen LogP contribution < -0.4 is 4.74 Å². The Bertz CT molecular complexity index is 1050. The third-order valence-corrected chi connectivity index (χ3v) is 7.39. The molecule has 0 spiro atoms. The number of ether oxygens (including phenoxy) is 1. The largest absolute Gasteiger partial charge is 0.507 e. The summed E-state index contributed by atoms with van der Waals surface area (Å²) < 4.78 is 5.97. The number of aliphatic hydroxyl groups is 1. The summed E-state index contributed by atoms with van der Waals surface area (Å²) in [6, 6.07) is 9.30. The molecule has 3 N–H and O–H groups in total. The first kappa shape index (κ1) is 33.5. The Hall–Kier alpha value is -1.51. The predicted molar refractivity (Wildman–Crippen MR) is 150 cm³/mol. The SMILES string of the molecule is CCCc1cc(C(O)C(C)(C)CC(=O)O)ccc1SCCCOc1ccc(C(C)=O)c(O)c1CCC.[Na]. The summed E-state index contributed by atoms with van der Waals surface area (Å²) in [6.45, 7) is 9.61. The maximum Gasteiger partial charge on any atom is 0.303 e. The third kappa shape index (κ3) is 9.63. The van der Waals surface area contributed by atoms with Gasteiger partial charge in [-0.2, -0.15) is 0 Å². The van der Waals surface area contributed by atoms with Crippen LogP contribution in [-0.4, -0.2) is 69.0 Å². The van der Waals surface area contributed by atoms with E-state index in [2.05, 4.69) is 6.92 Å². The van der Waals surface area contributed by atoms with Crippen molar-refractivity contribution in [2.75, 3.05) is 12.4 Å². The number of carboxylic acid groups (broad SMARTS) is 1. The van der Waals surface area contributed by atoms with Gasteiger partial charge in [0.15, 0.2) is 5.78 Å². The molecule has 0 aliphatic heterocycles. The number of phenols is 1. The molecule has 2 aromatic carbocycles. The van der Waals surface area contributed by atoms with Gasteiger partial charge in [0.2, 0.25) is 0 Å². The number of hydrogen-bond donors (Lipinski definition) is 3. The molecule has 0 aliphatic rings. The van der Waals surface area contributed by atoms with Crippen molar-refractivity contribution in [2.45, 2.75) is 84.1 Å². The number of carbonyl (C=O) groups excluding carboxylic acids is 1. The molecule has 6 nitrogen and oxygen atoms in total. The van der Waals surface area contributed by atoms with Gasteiger partial charge in [0.1, 0.15) is 11.5 Å². The van der Waals surface area contributed by atoms with Crippen LogP contribution in [-0.2, 0) is 17.6 Å². The molecule has 2 rings (SSSR count). The van der Waals surface area contributed by atoms with Crippen LogP contribution in [0.5, 0.6) is 11.5 Å². The van der Waals surface area contributed by atoms with Gasteiger partial charge in [-0.15, -0.1) is 11.8 Å². The number of hydrogen-bond acceptors (Lipinski definition) is 6. The zero-order chi connectivity index (χ0) is 26.9. The molecular weight excluding hydrogens is 499 g/mol. The number of Topliss-reactive ketones (excluding diaryl/α,β-unsaturated/α-hetero) is 1. The molecule has 0 saturated heterocycles. The van der Waals surface area contributed by atoms with E-state index in [4.69, 9.17) is 4.74 Å². The number of carboxylic acids is 1. The van der Waals surface area contributed by atoms with Crippen LogP contribution in [0.25, 0.3) is 0 Å². The molecule has 0 heterocycles. The molecule has 0 saturated carbocycles. The molecule has 2 aromatic rings. The smallest absolute Gasteiger partial charge is 0.303 e. The normalized spacial score (nSPS) is 12.1. The van der Waals surface area contributed by atoms with Crippen molar-refractivity contribution in [2.24, 2.45) is 5.41 Å². The number of aryl methyl sites for hydroxylation is 1. The molecule has 1 unspecified atom stereocenters.